The molecule has 4 rings (SSSR count). The summed E-state index contributed by atoms with van der Waals surface area (Å²) in [6.45, 7) is 13.3. The summed E-state index contributed by atoms with van der Waals surface area (Å²) in [6.07, 6.45) is 5.43. The molecule has 0 spiro atoms. The van der Waals surface area contributed by atoms with Gasteiger partial charge in [0.05, 0.1) is 17.8 Å². The van der Waals surface area contributed by atoms with Crippen molar-refractivity contribution in [2.75, 3.05) is 0 Å². The molecule has 0 N–H and O–H groups in total. The van der Waals surface area contributed by atoms with E-state index in [1.807, 2.05) is 30.3 Å². The van der Waals surface area contributed by atoms with Crippen LogP contribution in [0.4, 0.5) is 0 Å². The molecule has 0 heterocycles. The second kappa shape index (κ2) is 14.3. The minimum Gasteiger partial charge on any atom is -0.441 e. The van der Waals surface area contributed by atoms with E-state index in [2.05, 4.69) is 57.5 Å². The number of rotatable bonds is 10. The molecule has 7 heteroatoms. The Labute approximate surface area is 255 Å². The molecule has 0 aromatic heterocycles. The lowest BCUT2D eigenvalue weighted by atomic mass is 9.75. The zero-order chi connectivity index (χ0) is 29.7. The molecule has 2 saturated carbocycles. The van der Waals surface area contributed by atoms with Gasteiger partial charge in [-0.15, -0.1) is 0 Å². The molecule has 8 atom stereocenters. The Kier molecular flexibility index (Phi) is 11.4. The van der Waals surface area contributed by atoms with Crippen LogP contribution in [0.5, 0.6) is 0 Å². The van der Waals surface area contributed by atoms with Crippen molar-refractivity contribution in [1.82, 2.24) is 0 Å². The Morgan fingerprint density at radius 1 is 0.780 bits per heavy atom. The largest absolute Gasteiger partial charge is 0.441 e. The molecule has 0 radical (unpaired) electrons. The standard InChI is InChI=1S/C34H48BrO5P/c1-22(2)29-18-12-24(5)20-31(29)39-41(37,40-32-21-25(6)13-19-30(32)23(3)4)34(27-14-16-28(35)17-15-27)38-33(36)26-10-8-7-9-11-26/h7-11,14-17,22-25,29-32,34H,12-13,18-21H2,1-6H3/t24-,25-,29-,30+,31-,32-,34-,41?/m1/s1. The Hall–Kier alpha value is -1.46. The minimum atomic E-state index is -4.04. The van der Waals surface area contributed by atoms with Gasteiger partial charge in [-0.05, 0) is 85.5 Å². The molecule has 5 nitrogen and oxygen atoms in total. The molecule has 0 saturated heterocycles. The van der Waals surface area contributed by atoms with E-state index >= 15 is 4.57 Å². The highest BCUT2D eigenvalue weighted by atomic mass is 79.9. The summed E-state index contributed by atoms with van der Waals surface area (Å²) in [5.41, 5.74) is 1.01. The van der Waals surface area contributed by atoms with Crippen molar-refractivity contribution in [3.05, 3.63) is 70.2 Å². The van der Waals surface area contributed by atoms with E-state index in [9.17, 15) is 4.79 Å². The average molecular weight is 648 g/mol. The third-order valence-electron chi connectivity index (χ3n) is 9.16. The first kappa shape index (κ1) is 32.5. The zero-order valence-electron chi connectivity index (χ0n) is 25.5. The number of halogens is 1. The summed E-state index contributed by atoms with van der Waals surface area (Å²) < 4.78 is 36.2. The van der Waals surface area contributed by atoms with Crippen LogP contribution in [0.15, 0.2) is 59.1 Å². The van der Waals surface area contributed by atoms with Crippen LogP contribution < -0.4 is 0 Å². The summed E-state index contributed by atoms with van der Waals surface area (Å²) >= 11 is 3.51. The van der Waals surface area contributed by atoms with Crippen LogP contribution in [-0.4, -0.2) is 18.2 Å². The molecule has 2 aromatic carbocycles. The average Bonchev–Trinajstić information content (AvgIpc) is 2.92. The molecule has 1 unspecified atom stereocenters. The normalized spacial score (nSPS) is 29.2. The third kappa shape index (κ3) is 8.34. The first-order valence-corrected chi connectivity index (χ1v) is 17.8. The molecular formula is C34H48BrO5P. The molecule has 2 aliphatic rings. The van der Waals surface area contributed by atoms with Crippen LogP contribution in [0.2, 0.25) is 0 Å². The molecule has 226 valence electrons. The Morgan fingerprint density at radius 3 is 1.73 bits per heavy atom. The predicted molar refractivity (Wildman–Crippen MR) is 169 cm³/mol. The lowest BCUT2D eigenvalue weighted by Gasteiger charge is -2.43. The quantitative estimate of drug-likeness (QED) is 0.190. The summed E-state index contributed by atoms with van der Waals surface area (Å²) in [4.78, 5) is 13.5. The number of esters is 1. The van der Waals surface area contributed by atoms with Crippen molar-refractivity contribution >= 4 is 29.5 Å². The fourth-order valence-corrected chi connectivity index (χ4v) is 9.21. The van der Waals surface area contributed by atoms with Gasteiger partial charge in [0.25, 0.3) is 0 Å². The lowest BCUT2D eigenvalue weighted by Crippen LogP contribution is -2.37. The number of hydrogen-bond acceptors (Lipinski definition) is 5. The Bertz CT molecular complexity index is 1130. The van der Waals surface area contributed by atoms with Crippen LogP contribution >= 0.6 is 23.5 Å². The molecule has 2 fully saturated rings. The smallest absolute Gasteiger partial charge is 0.376 e. The van der Waals surface area contributed by atoms with E-state index in [1.165, 1.54) is 0 Å². The van der Waals surface area contributed by atoms with Gasteiger partial charge in [-0.3, -0.25) is 4.57 Å². The highest BCUT2D eigenvalue weighted by Crippen LogP contribution is 2.66. The maximum atomic E-state index is 15.5. The van der Waals surface area contributed by atoms with E-state index in [0.29, 0.717) is 34.8 Å². The molecule has 2 aliphatic carbocycles. The SMILES string of the molecule is CC(C)[C@H]1CC[C@@H](C)C[C@H]1OP(=O)(O[C@@H]1C[C@H](C)CC[C@H]1C(C)C)[C@@H](OC(=O)c1ccccc1)c1ccc(Br)cc1. The first-order chi connectivity index (χ1) is 19.5. The van der Waals surface area contributed by atoms with Crippen molar-refractivity contribution < 1.29 is 23.1 Å². The summed E-state index contributed by atoms with van der Waals surface area (Å²) in [5.74, 6) is 0.446. The van der Waals surface area contributed by atoms with Crippen molar-refractivity contribution in [2.24, 2.45) is 35.5 Å². The predicted octanol–water partition coefficient (Wildman–Crippen LogP) is 10.5. The van der Waals surface area contributed by atoms with Gasteiger partial charge in [0.15, 0.2) is 0 Å². The molecule has 0 bridgehead atoms. The summed E-state index contributed by atoms with van der Waals surface area (Å²) in [5, 5.41) is 0. The Balaban J connectivity index is 1.79. The van der Waals surface area contributed by atoms with Gasteiger partial charge in [-0.25, -0.2) is 4.79 Å². The topological polar surface area (TPSA) is 61.8 Å². The third-order valence-corrected chi connectivity index (χ3v) is 11.8. The molecule has 2 aromatic rings. The van der Waals surface area contributed by atoms with Crippen LogP contribution in [0.1, 0.15) is 102 Å². The van der Waals surface area contributed by atoms with Crippen molar-refractivity contribution in [2.45, 2.75) is 98.1 Å². The van der Waals surface area contributed by atoms with Crippen LogP contribution in [0.25, 0.3) is 0 Å². The van der Waals surface area contributed by atoms with Crippen molar-refractivity contribution in [3.63, 3.8) is 0 Å². The molecule has 41 heavy (non-hydrogen) atoms. The number of benzene rings is 2. The van der Waals surface area contributed by atoms with Crippen molar-refractivity contribution in [1.29, 1.82) is 0 Å². The molecule has 0 amide bonds. The van der Waals surface area contributed by atoms with Crippen LogP contribution in [-0.2, 0) is 18.3 Å². The van der Waals surface area contributed by atoms with Gasteiger partial charge in [0.2, 0.25) is 5.85 Å². The van der Waals surface area contributed by atoms with E-state index in [1.54, 1.807) is 24.3 Å². The number of hydrogen-bond donors (Lipinski definition) is 0. The van der Waals surface area contributed by atoms with Gasteiger partial charge in [0, 0.05) is 10.0 Å². The van der Waals surface area contributed by atoms with Crippen LogP contribution in [0, 0.1) is 35.5 Å². The zero-order valence-corrected chi connectivity index (χ0v) is 28.0. The second-order valence-corrected chi connectivity index (χ2v) is 16.0. The second-order valence-electron chi connectivity index (χ2n) is 13.2. The van der Waals surface area contributed by atoms with Gasteiger partial charge in [-0.2, -0.15) is 0 Å². The van der Waals surface area contributed by atoms with Crippen molar-refractivity contribution in [3.8, 4) is 0 Å². The fraction of sp³-hybridized carbons (Fsp3) is 0.618. The summed E-state index contributed by atoms with van der Waals surface area (Å²) in [6, 6.07) is 16.3. The van der Waals surface area contributed by atoms with Gasteiger partial charge < -0.3 is 13.8 Å². The highest BCUT2D eigenvalue weighted by molar-refractivity contribution is 9.10. The minimum absolute atomic E-state index is 0.239. The molecule has 0 aliphatic heterocycles. The molecular weight excluding hydrogens is 599 g/mol. The van der Waals surface area contributed by atoms with Gasteiger partial charge in [0.1, 0.15) is 0 Å². The Morgan fingerprint density at radius 2 is 1.27 bits per heavy atom. The monoisotopic (exact) mass is 646 g/mol. The fourth-order valence-electron chi connectivity index (χ4n) is 6.67. The number of ether oxygens (including phenoxy) is 1. The first-order valence-electron chi connectivity index (χ1n) is 15.4. The van der Waals surface area contributed by atoms with E-state index in [0.717, 1.165) is 43.0 Å². The van der Waals surface area contributed by atoms with Crippen LogP contribution in [0.3, 0.4) is 0 Å². The number of carbonyl (C=O) groups is 1. The van der Waals surface area contributed by atoms with Gasteiger partial charge in [-0.1, -0.05) is 101 Å². The highest BCUT2D eigenvalue weighted by Gasteiger charge is 2.49. The number of carbonyl (C=O) groups excluding carboxylic acids is 1. The maximum Gasteiger partial charge on any atom is 0.376 e. The van der Waals surface area contributed by atoms with E-state index in [4.69, 9.17) is 13.8 Å². The maximum absolute atomic E-state index is 15.5. The van der Waals surface area contributed by atoms with Gasteiger partial charge >= 0.3 is 13.6 Å². The van der Waals surface area contributed by atoms with E-state index in [-0.39, 0.29) is 24.0 Å². The summed E-state index contributed by atoms with van der Waals surface area (Å²) in [7, 11) is -4.04. The van der Waals surface area contributed by atoms with E-state index < -0.39 is 19.4 Å². The lowest BCUT2D eigenvalue weighted by molar-refractivity contribution is -0.0207.